The molecule has 0 unspecified atom stereocenters. The average Bonchev–Trinajstić information content (AvgIpc) is 3.35. The maximum atomic E-state index is 12.4. The van der Waals surface area contributed by atoms with Gasteiger partial charge in [-0.3, -0.25) is 13.8 Å². The number of anilines is 2. The third-order valence-electron chi connectivity index (χ3n) is 4.20. The first kappa shape index (κ1) is 17.7. The Labute approximate surface area is 160 Å². The molecule has 0 saturated carbocycles. The van der Waals surface area contributed by atoms with Gasteiger partial charge in [-0.25, -0.2) is 13.4 Å². The number of sulfonamides is 1. The van der Waals surface area contributed by atoms with Gasteiger partial charge in [0.15, 0.2) is 0 Å². The van der Waals surface area contributed by atoms with E-state index < -0.39 is 10.0 Å². The standard InChI is InChI=1S/C17H17N5O3S2/c1-21-10-12(9-18-21)17-20-15(11-26-17)16(23)19-13-3-5-14(6-4-13)22-7-2-8-27(22,24)25/h3-6,9-11H,2,7-8H2,1H3,(H,19,23). The van der Waals surface area contributed by atoms with Crippen LogP contribution in [0.15, 0.2) is 42.0 Å². The van der Waals surface area contributed by atoms with Crippen molar-refractivity contribution in [1.82, 2.24) is 14.8 Å². The lowest BCUT2D eigenvalue weighted by molar-refractivity contribution is 0.102. The van der Waals surface area contributed by atoms with E-state index in [2.05, 4.69) is 15.4 Å². The van der Waals surface area contributed by atoms with Crippen LogP contribution in [0.25, 0.3) is 10.6 Å². The Bertz CT molecular complexity index is 1090. The number of thiazole rings is 1. The maximum absolute atomic E-state index is 12.4. The largest absolute Gasteiger partial charge is 0.321 e. The summed E-state index contributed by atoms with van der Waals surface area (Å²) < 4.78 is 27.0. The van der Waals surface area contributed by atoms with Crippen molar-refractivity contribution in [2.75, 3.05) is 21.9 Å². The molecule has 3 aromatic rings. The van der Waals surface area contributed by atoms with Gasteiger partial charge in [0.25, 0.3) is 5.91 Å². The second-order valence-corrected chi connectivity index (χ2v) is 9.05. The first-order chi connectivity index (χ1) is 12.9. The summed E-state index contributed by atoms with van der Waals surface area (Å²) in [5, 5.41) is 9.31. The van der Waals surface area contributed by atoms with Crippen LogP contribution < -0.4 is 9.62 Å². The van der Waals surface area contributed by atoms with E-state index in [4.69, 9.17) is 0 Å². The molecule has 0 aliphatic carbocycles. The van der Waals surface area contributed by atoms with E-state index in [0.717, 1.165) is 10.6 Å². The van der Waals surface area contributed by atoms with Crippen molar-refractivity contribution in [2.45, 2.75) is 6.42 Å². The molecule has 1 fully saturated rings. The normalized spacial score (nSPS) is 15.8. The van der Waals surface area contributed by atoms with Gasteiger partial charge in [0.2, 0.25) is 10.0 Å². The lowest BCUT2D eigenvalue weighted by Gasteiger charge is -2.17. The van der Waals surface area contributed by atoms with E-state index in [0.29, 0.717) is 30.0 Å². The molecule has 1 aliphatic heterocycles. The van der Waals surface area contributed by atoms with Gasteiger partial charge in [0, 0.05) is 36.4 Å². The number of amides is 1. The zero-order valence-electron chi connectivity index (χ0n) is 14.5. The second-order valence-electron chi connectivity index (χ2n) is 6.18. The third kappa shape index (κ3) is 3.58. The van der Waals surface area contributed by atoms with Crippen LogP contribution >= 0.6 is 11.3 Å². The molecule has 0 spiro atoms. The molecule has 4 rings (SSSR count). The number of benzene rings is 1. The first-order valence-electron chi connectivity index (χ1n) is 8.29. The first-order valence-corrected chi connectivity index (χ1v) is 10.8. The summed E-state index contributed by atoms with van der Waals surface area (Å²) >= 11 is 1.38. The summed E-state index contributed by atoms with van der Waals surface area (Å²) in [6.07, 6.45) is 4.17. The molecule has 1 aliphatic rings. The van der Waals surface area contributed by atoms with Gasteiger partial charge < -0.3 is 5.32 Å². The summed E-state index contributed by atoms with van der Waals surface area (Å²) in [6, 6.07) is 6.77. The maximum Gasteiger partial charge on any atom is 0.275 e. The molecule has 8 nitrogen and oxygen atoms in total. The highest BCUT2D eigenvalue weighted by molar-refractivity contribution is 7.93. The van der Waals surface area contributed by atoms with Gasteiger partial charge in [-0.05, 0) is 30.7 Å². The molecule has 10 heteroatoms. The van der Waals surface area contributed by atoms with Crippen LogP contribution in [-0.2, 0) is 17.1 Å². The number of carbonyl (C=O) groups excluding carboxylic acids is 1. The Balaban J connectivity index is 1.46. The van der Waals surface area contributed by atoms with Gasteiger partial charge in [0.1, 0.15) is 10.7 Å². The number of aryl methyl sites for hydroxylation is 1. The highest BCUT2D eigenvalue weighted by Gasteiger charge is 2.28. The van der Waals surface area contributed by atoms with Crippen molar-refractivity contribution < 1.29 is 13.2 Å². The van der Waals surface area contributed by atoms with Crippen molar-refractivity contribution in [3.8, 4) is 10.6 Å². The van der Waals surface area contributed by atoms with Crippen LogP contribution in [-0.4, -0.2) is 41.4 Å². The van der Waals surface area contributed by atoms with E-state index in [1.54, 1.807) is 40.5 Å². The Morgan fingerprint density at radius 1 is 1.26 bits per heavy atom. The minimum Gasteiger partial charge on any atom is -0.321 e. The number of nitrogens with zero attached hydrogens (tertiary/aromatic N) is 4. The summed E-state index contributed by atoms with van der Waals surface area (Å²) in [4.78, 5) is 16.8. The minimum absolute atomic E-state index is 0.175. The van der Waals surface area contributed by atoms with E-state index in [9.17, 15) is 13.2 Å². The SMILES string of the molecule is Cn1cc(-c2nc(C(=O)Nc3ccc(N4CCCS4(=O)=O)cc3)cs2)cn1. The Morgan fingerprint density at radius 3 is 2.67 bits per heavy atom. The predicted molar refractivity (Wildman–Crippen MR) is 104 cm³/mol. The predicted octanol–water partition coefficient (Wildman–Crippen LogP) is 2.34. The average molecular weight is 403 g/mol. The van der Waals surface area contributed by atoms with Gasteiger partial charge in [-0.2, -0.15) is 5.10 Å². The van der Waals surface area contributed by atoms with Crippen molar-refractivity contribution in [3.63, 3.8) is 0 Å². The lowest BCUT2D eigenvalue weighted by atomic mass is 10.2. The van der Waals surface area contributed by atoms with E-state index >= 15 is 0 Å². The number of rotatable bonds is 4. The summed E-state index contributed by atoms with van der Waals surface area (Å²) in [7, 11) is -1.39. The monoisotopic (exact) mass is 403 g/mol. The molecule has 1 aromatic carbocycles. The van der Waals surface area contributed by atoms with Gasteiger partial charge in [-0.1, -0.05) is 0 Å². The summed E-state index contributed by atoms with van der Waals surface area (Å²) in [5.41, 5.74) is 2.37. The highest BCUT2D eigenvalue weighted by atomic mass is 32.2. The smallest absolute Gasteiger partial charge is 0.275 e. The summed E-state index contributed by atoms with van der Waals surface area (Å²) in [6.45, 7) is 0.490. The van der Waals surface area contributed by atoms with E-state index in [1.165, 1.54) is 15.6 Å². The summed E-state index contributed by atoms with van der Waals surface area (Å²) in [5.74, 6) is -0.142. The molecular weight excluding hydrogens is 386 g/mol. The van der Waals surface area contributed by atoms with Crippen LogP contribution in [0.5, 0.6) is 0 Å². The quantitative estimate of drug-likeness (QED) is 0.721. The Hall–Kier alpha value is -2.72. The number of hydrogen-bond donors (Lipinski definition) is 1. The number of aromatic nitrogens is 3. The van der Waals surface area contributed by atoms with Crippen LogP contribution in [0, 0.1) is 0 Å². The second kappa shape index (κ2) is 6.78. The van der Waals surface area contributed by atoms with Crippen LogP contribution in [0.2, 0.25) is 0 Å². The molecule has 3 heterocycles. The highest BCUT2D eigenvalue weighted by Crippen LogP contribution is 2.26. The molecule has 0 bridgehead atoms. The molecule has 1 saturated heterocycles. The fourth-order valence-corrected chi connectivity index (χ4v) is 5.22. The van der Waals surface area contributed by atoms with Gasteiger partial charge >= 0.3 is 0 Å². The van der Waals surface area contributed by atoms with Crippen LogP contribution in [0.1, 0.15) is 16.9 Å². The lowest BCUT2D eigenvalue weighted by Crippen LogP contribution is -2.25. The van der Waals surface area contributed by atoms with Crippen LogP contribution in [0.3, 0.4) is 0 Å². The molecule has 27 heavy (non-hydrogen) atoms. The van der Waals surface area contributed by atoms with Crippen molar-refractivity contribution >= 4 is 38.6 Å². The molecule has 140 valence electrons. The van der Waals surface area contributed by atoms with Crippen LogP contribution in [0.4, 0.5) is 11.4 Å². The molecular formula is C17H17N5O3S2. The van der Waals surface area contributed by atoms with Crippen molar-refractivity contribution in [3.05, 3.63) is 47.7 Å². The van der Waals surface area contributed by atoms with Crippen molar-refractivity contribution in [2.24, 2.45) is 7.05 Å². The fourth-order valence-electron chi connectivity index (χ4n) is 2.88. The van der Waals surface area contributed by atoms with Crippen molar-refractivity contribution in [1.29, 1.82) is 0 Å². The molecule has 0 radical (unpaired) electrons. The van der Waals surface area contributed by atoms with E-state index in [1.807, 2.05) is 13.2 Å². The number of carbonyl (C=O) groups is 1. The fraction of sp³-hybridized carbons (Fsp3) is 0.235. The van der Waals surface area contributed by atoms with Gasteiger partial charge in [0.05, 0.1) is 17.6 Å². The zero-order valence-corrected chi connectivity index (χ0v) is 16.1. The van der Waals surface area contributed by atoms with E-state index in [-0.39, 0.29) is 11.7 Å². The van der Waals surface area contributed by atoms with Gasteiger partial charge in [-0.15, -0.1) is 11.3 Å². The molecule has 1 N–H and O–H groups in total. The number of nitrogens with one attached hydrogen (secondary N) is 1. The molecule has 2 aromatic heterocycles. The molecule has 0 atom stereocenters. The topological polar surface area (TPSA) is 97.2 Å². The zero-order chi connectivity index (χ0) is 19.0. The Morgan fingerprint density at radius 2 is 2.04 bits per heavy atom. The molecule has 1 amide bonds. The Kier molecular flexibility index (Phi) is 4.44. The third-order valence-corrected chi connectivity index (χ3v) is 6.96. The number of hydrogen-bond acceptors (Lipinski definition) is 6. The minimum atomic E-state index is -3.21.